The Kier molecular flexibility index (Phi) is 4.28. The molecule has 2 fully saturated rings. The van der Waals surface area contributed by atoms with Crippen molar-refractivity contribution in [2.75, 3.05) is 13.2 Å². The standard InChI is InChI=1S/C14H18O6S2/c15-21(16)13(5-7-19-21)9-11-1-2-12(4-3-11)10-14-6-8-20-22(14,17)18/h1-4,13-14H,5-10H2. The third-order valence-electron chi connectivity index (χ3n) is 4.14. The summed E-state index contributed by atoms with van der Waals surface area (Å²) < 4.78 is 56.0. The number of benzene rings is 1. The summed E-state index contributed by atoms with van der Waals surface area (Å²) in [5.74, 6) is 0. The fourth-order valence-corrected chi connectivity index (χ4v) is 5.42. The van der Waals surface area contributed by atoms with E-state index in [1.54, 1.807) is 0 Å². The first kappa shape index (κ1) is 15.9. The summed E-state index contributed by atoms with van der Waals surface area (Å²) >= 11 is 0. The summed E-state index contributed by atoms with van der Waals surface area (Å²) in [6.45, 7) is 0.509. The summed E-state index contributed by atoms with van der Waals surface area (Å²) in [6.07, 6.45) is 1.88. The molecule has 0 spiro atoms. The fraction of sp³-hybridized carbons (Fsp3) is 0.571. The van der Waals surface area contributed by atoms with E-state index in [0.717, 1.165) is 11.1 Å². The van der Waals surface area contributed by atoms with Crippen molar-refractivity contribution in [2.24, 2.45) is 0 Å². The molecule has 122 valence electrons. The van der Waals surface area contributed by atoms with E-state index in [2.05, 4.69) is 0 Å². The molecule has 2 aliphatic rings. The maximum absolute atomic E-state index is 11.6. The van der Waals surface area contributed by atoms with Crippen molar-refractivity contribution in [3.05, 3.63) is 35.4 Å². The third kappa shape index (κ3) is 3.34. The van der Waals surface area contributed by atoms with E-state index in [-0.39, 0.29) is 13.2 Å². The second-order valence-corrected chi connectivity index (χ2v) is 9.45. The molecule has 0 aliphatic carbocycles. The maximum atomic E-state index is 11.6. The zero-order valence-corrected chi connectivity index (χ0v) is 13.6. The highest BCUT2D eigenvalue weighted by molar-refractivity contribution is 7.87. The van der Waals surface area contributed by atoms with Gasteiger partial charge >= 0.3 is 0 Å². The van der Waals surface area contributed by atoms with Crippen molar-refractivity contribution < 1.29 is 25.2 Å². The van der Waals surface area contributed by atoms with Gasteiger partial charge in [0, 0.05) is 0 Å². The van der Waals surface area contributed by atoms with Gasteiger partial charge in [-0.2, -0.15) is 16.8 Å². The van der Waals surface area contributed by atoms with E-state index < -0.39 is 30.7 Å². The zero-order valence-electron chi connectivity index (χ0n) is 12.0. The van der Waals surface area contributed by atoms with Crippen molar-refractivity contribution in [3.8, 4) is 0 Å². The van der Waals surface area contributed by atoms with Crippen molar-refractivity contribution in [3.63, 3.8) is 0 Å². The Hall–Kier alpha value is -0.960. The third-order valence-corrected chi connectivity index (χ3v) is 7.57. The smallest absolute Gasteiger partial charge is 0.270 e. The van der Waals surface area contributed by atoms with Gasteiger partial charge in [-0.25, -0.2) is 0 Å². The lowest BCUT2D eigenvalue weighted by atomic mass is 10.0. The first-order chi connectivity index (χ1) is 10.4. The Labute approximate surface area is 130 Å². The lowest BCUT2D eigenvalue weighted by Gasteiger charge is -2.10. The highest BCUT2D eigenvalue weighted by Crippen LogP contribution is 2.24. The minimum atomic E-state index is -3.43. The molecule has 6 nitrogen and oxygen atoms in total. The molecule has 1 aromatic carbocycles. The average Bonchev–Trinajstić information content (AvgIpc) is 2.95. The van der Waals surface area contributed by atoms with Crippen LogP contribution in [0.25, 0.3) is 0 Å². The van der Waals surface area contributed by atoms with Gasteiger partial charge < -0.3 is 0 Å². The monoisotopic (exact) mass is 346 g/mol. The molecule has 22 heavy (non-hydrogen) atoms. The molecule has 2 saturated heterocycles. The molecule has 0 aromatic heterocycles. The van der Waals surface area contributed by atoms with Gasteiger partial charge in [-0.3, -0.25) is 8.37 Å². The van der Waals surface area contributed by atoms with Crippen LogP contribution in [0.3, 0.4) is 0 Å². The summed E-state index contributed by atoms with van der Waals surface area (Å²) in [4.78, 5) is 0. The van der Waals surface area contributed by atoms with Gasteiger partial charge in [0.05, 0.1) is 23.7 Å². The highest BCUT2D eigenvalue weighted by Gasteiger charge is 2.33. The van der Waals surface area contributed by atoms with Crippen LogP contribution in [0.4, 0.5) is 0 Å². The van der Waals surface area contributed by atoms with Crippen molar-refractivity contribution >= 4 is 20.2 Å². The summed E-state index contributed by atoms with van der Waals surface area (Å²) in [7, 11) is -6.85. The van der Waals surface area contributed by atoms with Crippen LogP contribution < -0.4 is 0 Å². The number of rotatable bonds is 4. The lowest BCUT2D eigenvalue weighted by Crippen LogP contribution is -2.18. The molecule has 2 unspecified atom stereocenters. The minimum Gasteiger partial charge on any atom is -0.270 e. The predicted molar refractivity (Wildman–Crippen MR) is 80.4 cm³/mol. The van der Waals surface area contributed by atoms with Gasteiger partial charge in [0.25, 0.3) is 20.2 Å². The van der Waals surface area contributed by atoms with E-state index in [4.69, 9.17) is 8.37 Å². The molecule has 2 atom stereocenters. The normalized spacial score (nSPS) is 29.6. The average molecular weight is 346 g/mol. The van der Waals surface area contributed by atoms with Gasteiger partial charge in [0.15, 0.2) is 0 Å². The van der Waals surface area contributed by atoms with Gasteiger partial charge in [0.2, 0.25) is 0 Å². The predicted octanol–water partition coefficient (Wildman–Crippen LogP) is 1.01. The molecule has 0 bridgehead atoms. The lowest BCUT2D eigenvalue weighted by molar-refractivity contribution is 0.353. The minimum absolute atomic E-state index is 0.255. The van der Waals surface area contributed by atoms with Crippen LogP contribution in [0, 0.1) is 0 Å². The number of hydrogen-bond donors (Lipinski definition) is 0. The topological polar surface area (TPSA) is 86.7 Å². The van der Waals surface area contributed by atoms with Crippen LogP contribution in [0.1, 0.15) is 24.0 Å². The second kappa shape index (κ2) is 5.92. The van der Waals surface area contributed by atoms with E-state index in [0.29, 0.717) is 25.7 Å². The van der Waals surface area contributed by atoms with E-state index in [1.807, 2.05) is 24.3 Å². The molecule has 0 amide bonds. The van der Waals surface area contributed by atoms with E-state index in [1.165, 1.54) is 0 Å². The molecular formula is C14H18O6S2. The molecular weight excluding hydrogens is 328 g/mol. The maximum Gasteiger partial charge on any atom is 0.270 e. The Balaban J connectivity index is 1.66. The molecule has 1 aromatic rings. The van der Waals surface area contributed by atoms with E-state index in [9.17, 15) is 16.8 Å². The van der Waals surface area contributed by atoms with Crippen LogP contribution in [0.15, 0.2) is 24.3 Å². The molecule has 0 N–H and O–H groups in total. The molecule has 0 saturated carbocycles. The fourth-order valence-electron chi connectivity index (χ4n) is 2.82. The summed E-state index contributed by atoms with van der Waals surface area (Å²) in [5, 5.41) is -0.969. The molecule has 0 radical (unpaired) electrons. The Morgan fingerprint density at radius 2 is 1.14 bits per heavy atom. The summed E-state index contributed by atoms with van der Waals surface area (Å²) in [5.41, 5.74) is 1.82. The SMILES string of the molecule is O=S1(=O)OCCC1Cc1ccc(CC2CCOS2(=O)=O)cc1. The van der Waals surface area contributed by atoms with Crippen LogP contribution in [-0.2, 0) is 41.4 Å². The second-order valence-electron chi connectivity index (χ2n) is 5.68. The van der Waals surface area contributed by atoms with Crippen LogP contribution in [0.2, 0.25) is 0 Å². The van der Waals surface area contributed by atoms with Crippen molar-refractivity contribution in [1.29, 1.82) is 0 Å². The van der Waals surface area contributed by atoms with Gasteiger partial charge in [-0.05, 0) is 36.8 Å². The van der Waals surface area contributed by atoms with Crippen LogP contribution in [-0.4, -0.2) is 40.5 Å². The van der Waals surface area contributed by atoms with Crippen molar-refractivity contribution in [1.82, 2.24) is 0 Å². The van der Waals surface area contributed by atoms with E-state index >= 15 is 0 Å². The zero-order chi connectivity index (χ0) is 15.8. The Morgan fingerprint density at radius 3 is 1.41 bits per heavy atom. The molecule has 3 rings (SSSR count). The van der Waals surface area contributed by atoms with Crippen LogP contribution >= 0.6 is 0 Å². The largest absolute Gasteiger partial charge is 0.270 e. The highest BCUT2D eigenvalue weighted by atomic mass is 32.2. The number of hydrogen-bond acceptors (Lipinski definition) is 6. The van der Waals surface area contributed by atoms with Crippen LogP contribution in [0.5, 0.6) is 0 Å². The van der Waals surface area contributed by atoms with Gasteiger partial charge in [0.1, 0.15) is 0 Å². The first-order valence-corrected chi connectivity index (χ1v) is 10.2. The molecule has 2 heterocycles. The Morgan fingerprint density at radius 1 is 0.773 bits per heavy atom. The Bertz CT molecular complexity index is 671. The quantitative estimate of drug-likeness (QED) is 0.756. The molecule has 2 aliphatic heterocycles. The van der Waals surface area contributed by atoms with Gasteiger partial charge in [-0.1, -0.05) is 24.3 Å². The summed E-state index contributed by atoms with van der Waals surface area (Å²) in [6, 6.07) is 7.41. The van der Waals surface area contributed by atoms with Crippen molar-refractivity contribution in [2.45, 2.75) is 36.2 Å². The molecule has 8 heteroatoms. The first-order valence-electron chi connectivity index (χ1n) is 7.21. The van der Waals surface area contributed by atoms with Gasteiger partial charge in [-0.15, -0.1) is 0 Å².